The molecule has 4 rings (SSSR count). The predicted octanol–water partition coefficient (Wildman–Crippen LogP) is 3.70. The minimum Gasteiger partial charge on any atom is -0.492 e. The Morgan fingerprint density at radius 3 is 2.50 bits per heavy atom. The smallest absolute Gasteiger partial charge is 0.254 e. The molecule has 1 fully saturated rings. The predicted molar refractivity (Wildman–Crippen MR) is 113 cm³/mol. The van der Waals surface area contributed by atoms with E-state index in [0.717, 1.165) is 38.2 Å². The van der Waals surface area contributed by atoms with E-state index in [2.05, 4.69) is 20.2 Å². The number of aromatic nitrogens is 2. The highest BCUT2D eigenvalue weighted by Crippen LogP contribution is 2.18. The summed E-state index contributed by atoms with van der Waals surface area (Å²) in [5.74, 6) is -0.203. The van der Waals surface area contributed by atoms with Gasteiger partial charge < -0.3 is 10.1 Å². The molecular weight excluding hydrogens is 407 g/mol. The number of nitrogens with one attached hydrogen (secondary N) is 1. The summed E-state index contributed by atoms with van der Waals surface area (Å²) in [6, 6.07) is 10.0. The van der Waals surface area contributed by atoms with Crippen LogP contribution in [0.3, 0.4) is 0 Å². The number of piperidine rings is 1. The monoisotopic (exact) mass is 428 g/mol. The van der Waals surface area contributed by atoms with Gasteiger partial charge in [-0.05, 0) is 43.2 Å². The summed E-state index contributed by atoms with van der Waals surface area (Å²) < 4.78 is 20.1. The van der Waals surface area contributed by atoms with E-state index in [1.165, 1.54) is 24.5 Å². The Morgan fingerprint density at radius 2 is 1.80 bits per heavy atom. The number of nitrogens with zero attached hydrogens (tertiary/aromatic N) is 3. The summed E-state index contributed by atoms with van der Waals surface area (Å²) in [6.07, 6.45) is 4.63. The summed E-state index contributed by atoms with van der Waals surface area (Å²) in [5, 5.41) is 3.63. The molecule has 1 aromatic heterocycles. The highest BCUT2D eigenvalue weighted by atomic mass is 35.5. The van der Waals surface area contributed by atoms with Crippen molar-refractivity contribution in [1.29, 1.82) is 0 Å². The van der Waals surface area contributed by atoms with Crippen molar-refractivity contribution in [1.82, 2.24) is 20.2 Å². The van der Waals surface area contributed by atoms with E-state index in [1.807, 2.05) is 12.1 Å². The molecule has 0 unspecified atom stereocenters. The Bertz CT molecular complexity index is 1020. The number of hydrogen-bond donors (Lipinski definition) is 1. The molecule has 6 nitrogen and oxygen atoms in total. The first-order chi connectivity index (χ1) is 14.6. The first-order valence-electron chi connectivity index (χ1n) is 9.90. The lowest BCUT2D eigenvalue weighted by molar-refractivity contribution is 0.0901. The van der Waals surface area contributed by atoms with Crippen LogP contribution < -0.4 is 10.1 Å². The highest BCUT2D eigenvalue weighted by molar-refractivity contribution is 6.30. The van der Waals surface area contributed by atoms with Gasteiger partial charge >= 0.3 is 0 Å². The van der Waals surface area contributed by atoms with Crippen molar-refractivity contribution in [3.05, 3.63) is 65.2 Å². The Morgan fingerprint density at radius 1 is 1.13 bits per heavy atom. The van der Waals surface area contributed by atoms with E-state index in [0.29, 0.717) is 22.7 Å². The van der Waals surface area contributed by atoms with Crippen molar-refractivity contribution < 1.29 is 13.9 Å². The van der Waals surface area contributed by atoms with Crippen LogP contribution in [0.25, 0.3) is 11.0 Å². The molecule has 3 aromatic rings. The van der Waals surface area contributed by atoms with Crippen molar-refractivity contribution in [3.63, 3.8) is 0 Å². The number of amides is 1. The topological polar surface area (TPSA) is 67.4 Å². The zero-order valence-electron chi connectivity index (χ0n) is 16.4. The van der Waals surface area contributed by atoms with E-state index in [-0.39, 0.29) is 11.6 Å². The number of carbonyl (C=O) groups is 1. The minimum atomic E-state index is -0.586. The zero-order valence-corrected chi connectivity index (χ0v) is 17.1. The number of fused-ring (bicyclic) bond motifs is 1. The molecule has 0 bridgehead atoms. The summed E-state index contributed by atoms with van der Waals surface area (Å²) >= 11 is 5.87. The number of halogens is 2. The Balaban J connectivity index is 1.25. The Labute approximate surface area is 179 Å². The van der Waals surface area contributed by atoms with Gasteiger partial charge in [-0.25, -0.2) is 4.39 Å². The fourth-order valence-corrected chi connectivity index (χ4v) is 3.67. The lowest BCUT2D eigenvalue weighted by Crippen LogP contribution is -2.45. The maximum atomic E-state index is 14.3. The van der Waals surface area contributed by atoms with Gasteiger partial charge in [0, 0.05) is 49.2 Å². The van der Waals surface area contributed by atoms with Crippen molar-refractivity contribution in [2.75, 3.05) is 26.2 Å². The van der Waals surface area contributed by atoms with Gasteiger partial charge in [-0.2, -0.15) is 0 Å². The standard InChI is InChI=1S/C22H22ClFN4O2/c23-15-1-3-17(4-2-15)30-12-11-28-9-5-16(6-10-28)27-22(29)18-13-20-21(14-19(18)24)26-8-7-25-20/h1-4,7-8,13-14,16H,5-6,9-12H2,(H,27,29). The van der Waals surface area contributed by atoms with Gasteiger partial charge in [0.2, 0.25) is 0 Å². The van der Waals surface area contributed by atoms with E-state index >= 15 is 0 Å². The normalized spacial score (nSPS) is 15.3. The highest BCUT2D eigenvalue weighted by Gasteiger charge is 2.22. The molecule has 0 aliphatic carbocycles. The maximum absolute atomic E-state index is 14.3. The van der Waals surface area contributed by atoms with Gasteiger partial charge in [0.05, 0.1) is 16.6 Å². The van der Waals surface area contributed by atoms with E-state index in [4.69, 9.17) is 16.3 Å². The van der Waals surface area contributed by atoms with Crippen LogP contribution in [0.4, 0.5) is 4.39 Å². The molecule has 1 aliphatic rings. The van der Waals surface area contributed by atoms with Gasteiger partial charge in [-0.15, -0.1) is 0 Å². The van der Waals surface area contributed by atoms with Crippen LogP contribution in [0, 0.1) is 5.82 Å². The Hall–Kier alpha value is -2.77. The van der Waals surface area contributed by atoms with Gasteiger partial charge in [0.15, 0.2) is 0 Å². The third kappa shape index (κ3) is 5.04. The van der Waals surface area contributed by atoms with Gasteiger partial charge in [0.1, 0.15) is 18.2 Å². The molecule has 2 heterocycles. The molecule has 0 spiro atoms. The zero-order chi connectivity index (χ0) is 20.9. The number of rotatable bonds is 6. The molecule has 1 N–H and O–H groups in total. The van der Waals surface area contributed by atoms with Crippen LogP contribution in [0.2, 0.25) is 5.02 Å². The lowest BCUT2D eigenvalue weighted by atomic mass is 10.0. The molecule has 0 saturated carbocycles. The largest absolute Gasteiger partial charge is 0.492 e. The summed E-state index contributed by atoms with van der Waals surface area (Å²) in [4.78, 5) is 23.1. The summed E-state index contributed by atoms with van der Waals surface area (Å²) in [7, 11) is 0. The van der Waals surface area contributed by atoms with Crippen molar-refractivity contribution in [2.24, 2.45) is 0 Å². The van der Waals surface area contributed by atoms with Crippen molar-refractivity contribution in [3.8, 4) is 5.75 Å². The van der Waals surface area contributed by atoms with Crippen LogP contribution in [0.1, 0.15) is 23.2 Å². The van der Waals surface area contributed by atoms with Crippen molar-refractivity contribution >= 4 is 28.5 Å². The number of benzene rings is 2. The first-order valence-corrected chi connectivity index (χ1v) is 10.3. The molecule has 0 radical (unpaired) electrons. The first kappa shape index (κ1) is 20.5. The fraction of sp³-hybridized carbons (Fsp3) is 0.318. The quantitative estimate of drug-likeness (QED) is 0.648. The van der Waals surface area contributed by atoms with E-state index in [9.17, 15) is 9.18 Å². The molecule has 30 heavy (non-hydrogen) atoms. The maximum Gasteiger partial charge on any atom is 0.254 e. The van der Waals surface area contributed by atoms with Crippen LogP contribution >= 0.6 is 11.6 Å². The molecule has 1 saturated heterocycles. The number of ether oxygens (including phenoxy) is 1. The van der Waals surface area contributed by atoms with E-state index in [1.54, 1.807) is 12.1 Å². The second-order valence-electron chi connectivity index (χ2n) is 7.27. The van der Waals surface area contributed by atoms with Gasteiger partial charge in [0.25, 0.3) is 5.91 Å². The third-order valence-corrected chi connectivity index (χ3v) is 5.47. The molecule has 0 atom stereocenters. The SMILES string of the molecule is O=C(NC1CCN(CCOc2ccc(Cl)cc2)CC1)c1cc2nccnc2cc1F. The van der Waals surface area contributed by atoms with E-state index < -0.39 is 11.7 Å². The van der Waals surface area contributed by atoms with Gasteiger partial charge in [-0.3, -0.25) is 19.7 Å². The van der Waals surface area contributed by atoms with Crippen LogP contribution in [0.5, 0.6) is 5.75 Å². The van der Waals surface area contributed by atoms with Gasteiger partial charge in [-0.1, -0.05) is 11.6 Å². The second kappa shape index (κ2) is 9.36. The van der Waals surface area contributed by atoms with Crippen molar-refractivity contribution in [2.45, 2.75) is 18.9 Å². The average Bonchev–Trinajstić information content (AvgIpc) is 2.76. The molecule has 156 valence electrons. The lowest BCUT2D eigenvalue weighted by Gasteiger charge is -2.32. The number of hydrogen-bond acceptors (Lipinski definition) is 5. The summed E-state index contributed by atoms with van der Waals surface area (Å²) in [6.45, 7) is 3.09. The number of carbonyl (C=O) groups excluding carboxylic acids is 1. The minimum absolute atomic E-state index is 0.00166. The molecule has 8 heteroatoms. The molecular formula is C22H22ClFN4O2. The molecule has 1 amide bonds. The fourth-order valence-electron chi connectivity index (χ4n) is 3.55. The average molecular weight is 429 g/mol. The Kier molecular flexibility index (Phi) is 6.40. The third-order valence-electron chi connectivity index (χ3n) is 5.22. The summed E-state index contributed by atoms with van der Waals surface area (Å²) in [5.41, 5.74) is 0.932. The van der Waals surface area contributed by atoms with Crippen LogP contribution in [-0.4, -0.2) is 53.1 Å². The molecule has 2 aromatic carbocycles. The number of likely N-dealkylation sites (tertiary alicyclic amines) is 1. The van der Waals surface area contributed by atoms with Crippen LogP contribution in [-0.2, 0) is 0 Å². The second-order valence-corrected chi connectivity index (χ2v) is 7.71. The molecule has 1 aliphatic heterocycles. The van der Waals surface area contributed by atoms with Crippen LogP contribution in [0.15, 0.2) is 48.8 Å².